The molecule has 0 spiro atoms. The molecule has 1 heterocycles. The third kappa shape index (κ3) is 5.40. The second-order valence-corrected chi connectivity index (χ2v) is 9.12. The summed E-state index contributed by atoms with van der Waals surface area (Å²) in [5.74, 6) is 1.92. The van der Waals surface area contributed by atoms with Crippen LogP contribution in [0.2, 0.25) is 0 Å². The first-order valence-corrected chi connectivity index (χ1v) is 10.1. The van der Waals surface area contributed by atoms with Crippen molar-refractivity contribution in [2.75, 3.05) is 19.3 Å². The van der Waals surface area contributed by atoms with E-state index in [0.29, 0.717) is 12.5 Å². The zero-order valence-corrected chi connectivity index (χ0v) is 15.1. The maximum Gasteiger partial charge on any atom is 0.238 e. The molecule has 0 aromatic heterocycles. The Kier molecular flexibility index (Phi) is 5.94. The molecule has 1 aromatic carbocycles. The maximum atomic E-state index is 11.4. The fraction of sp³-hybridized carbons (Fsp3) is 0.533. The highest BCUT2D eigenvalue weighted by Crippen LogP contribution is 2.36. The van der Waals surface area contributed by atoms with E-state index in [1.165, 1.54) is 24.7 Å². The van der Waals surface area contributed by atoms with Crippen molar-refractivity contribution < 1.29 is 8.42 Å². The summed E-state index contributed by atoms with van der Waals surface area (Å²) in [6, 6.07) is 6.60. The lowest BCUT2D eigenvalue weighted by atomic mass is 10.1. The standard InChI is InChI=1S/C15H24N4O2S2/c1-15(7-4-8-22-15)11-19-14(17-2)18-10-12-5-3-6-13(9-12)23(16,20)21/h3,5-6,9H,4,7-8,10-11H2,1-2H3,(H2,16,20,21)(H2,17,18,19). The molecule has 0 bridgehead atoms. The van der Waals surface area contributed by atoms with Gasteiger partial charge in [0, 0.05) is 24.9 Å². The number of hydrogen-bond acceptors (Lipinski definition) is 4. The van der Waals surface area contributed by atoms with Crippen LogP contribution in [-0.2, 0) is 16.6 Å². The van der Waals surface area contributed by atoms with Crippen molar-refractivity contribution in [2.24, 2.45) is 10.1 Å². The molecule has 2 rings (SSSR count). The lowest BCUT2D eigenvalue weighted by Crippen LogP contribution is -2.43. The Hall–Kier alpha value is -1.25. The average Bonchev–Trinajstić information content (AvgIpc) is 2.94. The molecule has 1 fully saturated rings. The number of aliphatic imine (C=N–C) groups is 1. The number of nitrogens with zero attached hydrogens (tertiary/aromatic N) is 1. The minimum absolute atomic E-state index is 0.120. The molecule has 6 nitrogen and oxygen atoms in total. The van der Waals surface area contributed by atoms with Crippen LogP contribution < -0.4 is 15.8 Å². The van der Waals surface area contributed by atoms with E-state index in [2.05, 4.69) is 22.5 Å². The molecule has 1 aliphatic heterocycles. The topological polar surface area (TPSA) is 96.6 Å². The number of primary sulfonamides is 1. The monoisotopic (exact) mass is 356 g/mol. The van der Waals surface area contributed by atoms with Gasteiger partial charge < -0.3 is 10.6 Å². The number of nitrogens with two attached hydrogens (primary N) is 1. The molecule has 0 aliphatic carbocycles. The summed E-state index contributed by atoms with van der Waals surface area (Å²) in [5.41, 5.74) is 0.834. The number of nitrogens with one attached hydrogen (secondary N) is 2. The normalized spacial score (nSPS) is 22.1. The van der Waals surface area contributed by atoms with Crippen molar-refractivity contribution in [3.8, 4) is 0 Å². The first-order chi connectivity index (χ1) is 10.8. The van der Waals surface area contributed by atoms with Crippen LogP contribution in [-0.4, -0.2) is 38.5 Å². The summed E-state index contributed by atoms with van der Waals surface area (Å²) in [6.45, 7) is 3.60. The van der Waals surface area contributed by atoms with Crippen molar-refractivity contribution >= 4 is 27.7 Å². The van der Waals surface area contributed by atoms with Crippen molar-refractivity contribution in [3.63, 3.8) is 0 Å². The van der Waals surface area contributed by atoms with Gasteiger partial charge >= 0.3 is 0 Å². The Labute approximate surface area is 142 Å². The van der Waals surface area contributed by atoms with Gasteiger partial charge in [0.15, 0.2) is 5.96 Å². The highest BCUT2D eigenvalue weighted by molar-refractivity contribution is 8.00. The molecule has 1 aromatic rings. The summed E-state index contributed by atoms with van der Waals surface area (Å²) in [4.78, 5) is 4.33. The summed E-state index contributed by atoms with van der Waals surface area (Å²) < 4.78 is 23.0. The number of guanidine groups is 1. The molecule has 8 heteroatoms. The highest BCUT2D eigenvalue weighted by Gasteiger charge is 2.29. The van der Waals surface area contributed by atoms with E-state index in [1.54, 1.807) is 19.2 Å². The molecule has 0 amide bonds. The van der Waals surface area contributed by atoms with Crippen LogP contribution in [0.3, 0.4) is 0 Å². The Morgan fingerprint density at radius 1 is 1.43 bits per heavy atom. The van der Waals surface area contributed by atoms with Gasteiger partial charge in [-0.25, -0.2) is 13.6 Å². The third-order valence-electron chi connectivity index (χ3n) is 3.84. The van der Waals surface area contributed by atoms with Crippen LogP contribution in [0.5, 0.6) is 0 Å². The first-order valence-electron chi connectivity index (χ1n) is 7.53. The van der Waals surface area contributed by atoms with Gasteiger partial charge in [0.05, 0.1) is 4.90 Å². The average molecular weight is 357 g/mol. The Balaban J connectivity index is 1.91. The zero-order chi connectivity index (χ0) is 16.9. The predicted molar refractivity (Wildman–Crippen MR) is 96.1 cm³/mol. The van der Waals surface area contributed by atoms with Crippen LogP contribution in [0.1, 0.15) is 25.3 Å². The second kappa shape index (κ2) is 7.55. The number of thioether (sulfide) groups is 1. The van der Waals surface area contributed by atoms with Gasteiger partial charge in [0.1, 0.15) is 0 Å². The first kappa shape index (κ1) is 18.1. The summed E-state index contributed by atoms with van der Waals surface area (Å²) in [5, 5.41) is 11.7. The SMILES string of the molecule is CN=C(NCc1cccc(S(N)(=O)=O)c1)NCC1(C)CCCS1. The summed E-state index contributed by atoms with van der Waals surface area (Å²) >= 11 is 1.99. The van der Waals surface area contributed by atoms with Crippen LogP contribution in [0, 0.1) is 0 Å². The fourth-order valence-corrected chi connectivity index (χ4v) is 4.31. The Morgan fingerprint density at radius 2 is 2.22 bits per heavy atom. The molecule has 1 atom stereocenters. The van der Waals surface area contributed by atoms with Crippen LogP contribution in [0.4, 0.5) is 0 Å². The molecule has 23 heavy (non-hydrogen) atoms. The van der Waals surface area contributed by atoms with E-state index < -0.39 is 10.0 Å². The number of rotatable bonds is 5. The molecule has 0 radical (unpaired) electrons. The minimum atomic E-state index is -3.68. The molecule has 128 valence electrons. The van der Waals surface area contributed by atoms with Crippen LogP contribution in [0.25, 0.3) is 0 Å². The molecule has 0 saturated carbocycles. The molecule has 1 unspecified atom stereocenters. The second-order valence-electron chi connectivity index (χ2n) is 5.87. The van der Waals surface area contributed by atoms with E-state index in [0.717, 1.165) is 12.1 Å². The van der Waals surface area contributed by atoms with Crippen LogP contribution >= 0.6 is 11.8 Å². The van der Waals surface area contributed by atoms with E-state index in [9.17, 15) is 8.42 Å². The van der Waals surface area contributed by atoms with E-state index >= 15 is 0 Å². The van der Waals surface area contributed by atoms with Gasteiger partial charge in [-0.2, -0.15) is 11.8 Å². The lowest BCUT2D eigenvalue weighted by Gasteiger charge is -2.24. The predicted octanol–water partition coefficient (Wildman–Crippen LogP) is 1.28. The summed E-state index contributed by atoms with van der Waals surface area (Å²) in [6.07, 6.45) is 2.47. The van der Waals surface area contributed by atoms with Gasteiger partial charge in [0.25, 0.3) is 0 Å². The number of sulfonamides is 1. The maximum absolute atomic E-state index is 11.4. The largest absolute Gasteiger partial charge is 0.355 e. The molecule has 1 saturated heterocycles. The molecular weight excluding hydrogens is 332 g/mol. The number of hydrogen-bond donors (Lipinski definition) is 3. The zero-order valence-electron chi connectivity index (χ0n) is 13.5. The van der Waals surface area contributed by atoms with Crippen molar-refractivity contribution in [1.82, 2.24) is 10.6 Å². The smallest absolute Gasteiger partial charge is 0.238 e. The van der Waals surface area contributed by atoms with Crippen molar-refractivity contribution in [2.45, 2.75) is 36.0 Å². The van der Waals surface area contributed by atoms with Gasteiger partial charge in [-0.3, -0.25) is 4.99 Å². The minimum Gasteiger partial charge on any atom is -0.355 e. The van der Waals surface area contributed by atoms with Gasteiger partial charge in [-0.1, -0.05) is 12.1 Å². The lowest BCUT2D eigenvalue weighted by molar-refractivity contribution is 0.584. The van der Waals surface area contributed by atoms with Gasteiger partial charge in [-0.15, -0.1) is 0 Å². The quantitative estimate of drug-likeness (QED) is 0.546. The van der Waals surface area contributed by atoms with Gasteiger partial charge in [0.2, 0.25) is 10.0 Å². The van der Waals surface area contributed by atoms with E-state index in [-0.39, 0.29) is 9.64 Å². The highest BCUT2D eigenvalue weighted by atomic mass is 32.2. The van der Waals surface area contributed by atoms with Crippen molar-refractivity contribution in [3.05, 3.63) is 29.8 Å². The van der Waals surface area contributed by atoms with E-state index in [4.69, 9.17) is 5.14 Å². The molecule has 4 N–H and O–H groups in total. The van der Waals surface area contributed by atoms with Crippen LogP contribution in [0.15, 0.2) is 34.2 Å². The Morgan fingerprint density at radius 3 is 2.83 bits per heavy atom. The fourth-order valence-electron chi connectivity index (χ4n) is 2.49. The Bertz CT molecular complexity index is 668. The summed E-state index contributed by atoms with van der Waals surface area (Å²) in [7, 11) is -1.95. The molecular formula is C15H24N4O2S2. The molecule has 1 aliphatic rings. The van der Waals surface area contributed by atoms with E-state index in [1.807, 2.05) is 17.8 Å². The third-order valence-corrected chi connectivity index (χ3v) is 6.29. The number of benzene rings is 1. The van der Waals surface area contributed by atoms with Crippen molar-refractivity contribution in [1.29, 1.82) is 0 Å². The van der Waals surface area contributed by atoms with Gasteiger partial charge in [-0.05, 0) is 43.2 Å².